The summed E-state index contributed by atoms with van der Waals surface area (Å²) in [6.07, 6.45) is 11.3. The monoisotopic (exact) mass is 209 g/mol. The van der Waals surface area contributed by atoms with Gasteiger partial charge in [0.05, 0.1) is 0 Å². The smallest absolute Gasteiger partial charge is 0.243 e. The van der Waals surface area contributed by atoms with Gasteiger partial charge in [-0.3, -0.25) is 4.79 Å². The lowest BCUT2D eigenvalue weighted by Crippen LogP contribution is -2.37. The molecule has 0 aliphatic heterocycles. The summed E-state index contributed by atoms with van der Waals surface area (Å²) in [5.41, 5.74) is 0. The molecule has 0 unspecified atom stereocenters. The molecule has 86 valence electrons. The second kappa shape index (κ2) is 6.65. The van der Waals surface area contributed by atoms with Crippen molar-refractivity contribution in [2.75, 3.05) is 0 Å². The van der Waals surface area contributed by atoms with Crippen LogP contribution < -0.4 is 5.32 Å². The third-order valence-electron chi connectivity index (χ3n) is 3.29. The number of carbonyl (C=O) groups excluding carboxylic acids is 1. The molecule has 2 heteroatoms. The Balaban J connectivity index is 2.37. The van der Waals surface area contributed by atoms with Crippen molar-refractivity contribution in [3.05, 3.63) is 12.2 Å². The molecule has 1 aliphatic carbocycles. The third-order valence-corrected chi connectivity index (χ3v) is 3.29. The Morgan fingerprint density at radius 3 is 2.40 bits per heavy atom. The van der Waals surface area contributed by atoms with Gasteiger partial charge in [-0.2, -0.15) is 0 Å². The van der Waals surface area contributed by atoms with Crippen LogP contribution in [0.3, 0.4) is 0 Å². The Kier molecular flexibility index (Phi) is 5.44. The molecule has 1 rings (SSSR count). The van der Waals surface area contributed by atoms with Crippen LogP contribution in [-0.2, 0) is 4.79 Å². The van der Waals surface area contributed by atoms with Crippen LogP contribution in [0.15, 0.2) is 12.2 Å². The molecule has 1 amide bonds. The SMILES string of the molecule is C/C=C/C(=O)N[C@@H](C)C1CCCCCC1. The van der Waals surface area contributed by atoms with E-state index in [9.17, 15) is 4.79 Å². The summed E-state index contributed by atoms with van der Waals surface area (Å²) in [4.78, 5) is 11.4. The van der Waals surface area contributed by atoms with E-state index in [2.05, 4.69) is 12.2 Å². The van der Waals surface area contributed by atoms with Gasteiger partial charge in [0.25, 0.3) is 0 Å². The number of allylic oxidation sites excluding steroid dienone is 1. The highest BCUT2D eigenvalue weighted by Gasteiger charge is 2.19. The molecule has 0 saturated heterocycles. The normalized spacial score (nSPS) is 21.2. The van der Waals surface area contributed by atoms with E-state index in [1.165, 1.54) is 38.5 Å². The zero-order valence-corrected chi connectivity index (χ0v) is 9.96. The summed E-state index contributed by atoms with van der Waals surface area (Å²) in [5, 5.41) is 3.05. The van der Waals surface area contributed by atoms with Gasteiger partial charge in [-0.1, -0.05) is 31.8 Å². The number of nitrogens with one attached hydrogen (secondary N) is 1. The second-order valence-electron chi connectivity index (χ2n) is 4.55. The molecule has 15 heavy (non-hydrogen) atoms. The van der Waals surface area contributed by atoms with Gasteiger partial charge < -0.3 is 5.32 Å². The van der Waals surface area contributed by atoms with Crippen LogP contribution in [0, 0.1) is 5.92 Å². The first-order chi connectivity index (χ1) is 7.24. The quantitative estimate of drug-likeness (QED) is 0.562. The predicted molar refractivity (Wildman–Crippen MR) is 63.6 cm³/mol. The molecule has 1 atom stereocenters. The van der Waals surface area contributed by atoms with Crippen molar-refractivity contribution in [3.8, 4) is 0 Å². The minimum atomic E-state index is 0.0502. The summed E-state index contributed by atoms with van der Waals surface area (Å²) in [6, 6.07) is 0.326. The molecule has 1 N–H and O–H groups in total. The molecular formula is C13H23NO. The Bertz CT molecular complexity index is 215. The van der Waals surface area contributed by atoms with Crippen LogP contribution >= 0.6 is 0 Å². The first-order valence-electron chi connectivity index (χ1n) is 6.17. The largest absolute Gasteiger partial charge is 0.350 e. The van der Waals surface area contributed by atoms with Crippen molar-refractivity contribution >= 4 is 5.91 Å². The molecule has 0 heterocycles. The summed E-state index contributed by atoms with van der Waals surface area (Å²) < 4.78 is 0. The number of rotatable bonds is 3. The zero-order valence-electron chi connectivity index (χ0n) is 9.96. The Morgan fingerprint density at radius 2 is 1.87 bits per heavy atom. The van der Waals surface area contributed by atoms with Gasteiger partial charge in [0.2, 0.25) is 5.91 Å². The summed E-state index contributed by atoms with van der Waals surface area (Å²) in [7, 11) is 0. The summed E-state index contributed by atoms with van der Waals surface area (Å²) >= 11 is 0. The minimum Gasteiger partial charge on any atom is -0.350 e. The molecule has 1 fully saturated rings. The lowest BCUT2D eigenvalue weighted by molar-refractivity contribution is -0.117. The molecule has 1 aliphatic rings. The number of carbonyl (C=O) groups is 1. The molecule has 0 aromatic carbocycles. The number of amides is 1. The van der Waals surface area contributed by atoms with E-state index in [0.29, 0.717) is 12.0 Å². The first kappa shape index (κ1) is 12.3. The molecule has 2 nitrogen and oxygen atoms in total. The van der Waals surface area contributed by atoms with Gasteiger partial charge in [-0.25, -0.2) is 0 Å². The third kappa shape index (κ3) is 4.50. The highest BCUT2D eigenvalue weighted by molar-refractivity contribution is 5.87. The molecule has 0 aromatic heterocycles. The first-order valence-corrected chi connectivity index (χ1v) is 6.17. The van der Waals surface area contributed by atoms with E-state index in [0.717, 1.165) is 0 Å². The number of hydrogen-bond donors (Lipinski definition) is 1. The molecular weight excluding hydrogens is 186 g/mol. The lowest BCUT2D eigenvalue weighted by Gasteiger charge is -2.22. The molecule has 1 saturated carbocycles. The summed E-state index contributed by atoms with van der Waals surface area (Å²) in [5.74, 6) is 0.732. The van der Waals surface area contributed by atoms with Crippen molar-refractivity contribution in [2.45, 2.75) is 58.4 Å². The van der Waals surface area contributed by atoms with Crippen LogP contribution in [0.5, 0.6) is 0 Å². The fraction of sp³-hybridized carbons (Fsp3) is 0.769. The predicted octanol–water partition coefficient (Wildman–Crippen LogP) is 3.04. The van der Waals surface area contributed by atoms with Gasteiger partial charge in [0, 0.05) is 6.04 Å². The van der Waals surface area contributed by atoms with Crippen LogP contribution in [0.1, 0.15) is 52.4 Å². The van der Waals surface area contributed by atoms with Crippen molar-refractivity contribution in [3.63, 3.8) is 0 Å². The van der Waals surface area contributed by atoms with Crippen LogP contribution in [0.25, 0.3) is 0 Å². The average Bonchev–Trinajstić information content (AvgIpc) is 2.45. The zero-order chi connectivity index (χ0) is 11.1. The van der Waals surface area contributed by atoms with Crippen LogP contribution in [0.4, 0.5) is 0 Å². The minimum absolute atomic E-state index is 0.0502. The highest BCUT2D eigenvalue weighted by atomic mass is 16.1. The molecule has 0 bridgehead atoms. The molecule has 0 aromatic rings. The van der Waals surface area contributed by atoms with E-state index in [1.807, 2.05) is 6.92 Å². The maximum Gasteiger partial charge on any atom is 0.243 e. The fourth-order valence-electron chi connectivity index (χ4n) is 2.35. The Morgan fingerprint density at radius 1 is 1.27 bits per heavy atom. The van der Waals surface area contributed by atoms with Gasteiger partial charge in [0.1, 0.15) is 0 Å². The standard InChI is InChI=1S/C13H23NO/c1-3-8-13(15)14-11(2)12-9-6-4-5-7-10-12/h3,8,11-12H,4-7,9-10H2,1-2H3,(H,14,15)/b8-3+/t11-/m0/s1. The van der Waals surface area contributed by atoms with Crippen molar-refractivity contribution in [1.82, 2.24) is 5.32 Å². The van der Waals surface area contributed by atoms with E-state index in [4.69, 9.17) is 0 Å². The maximum absolute atomic E-state index is 11.4. The van der Waals surface area contributed by atoms with E-state index in [-0.39, 0.29) is 5.91 Å². The van der Waals surface area contributed by atoms with Crippen LogP contribution in [0.2, 0.25) is 0 Å². The van der Waals surface area contributed by atoms with Gasteiger partial charge in [-0.15, -0.1) is 0 Å². The van der Waals surface area contributed by atoms with Crippen LogP contribution in [-0.4, -0.2) is 11.9 Å². The molecule has 0 spiro atoms. The van der Waals surface area contributed by atoms with Gasteiger partial charge >= 0.3 is 0 Å². The Labute approximate surface area is 93.1 Å². The van der Waals surface area contributed by atoms with E-state index in [1.54, 1.807) is 12.2 Å². The average molecular weight is 209 g/mol. The highest BCUT2D eigenvalue weighted by Crippen LogP contribution is 2.25. The van der Waals surface area contributed by atoms with Crippen molar-refractivity contribution < 1.29 is 4.79 Å². The van der Waals surface area contributed by atoms with Crippen molar-refractivity contribution in [1.29, 1.82) is 0 Å². The fourth-order valence-corrected chi connectivity index (χ4v) is 2.35. The summed E-state index contributed by atoms with van der Waals surface area (Å²) in [6.45, 7) is 4.01. The van der Waals surface area contributed by atoms with Crippen molar-refractivity contribution in [2.24, 2.45) is 5.92 Å². The second-order valence-corrected chi connectivity index (χ2v) is 4.55. The van der Waals surface area contributed by atoms with E-state index < -0.39 is 0 Å². The topological polar surface area (TPSA) is 29.1 Å². The van der Waals surface area contributed by atoms with Gasteiger partial charge in [-0.05, 0) is 38.7 Å². The number of hydrogen-bond acceptors (Lipinski definition) is 1. The maximum atomic E-state index is 11.4. The Hall–Kier alpha value is -0.790. The van der Waals surface area contributed by atoms with Gasteiger partial charge in [0.15, 0.2) is 0 Å². The van der Waals surface area contributed by atoms with E-state index >= 15 is 0 Å². The lowest BCUT2D eigenvalue weighted by atomic mass is 9.93. The molecule has 0 radical (unpaired) electrons.